The topological polar surface area (TPSA) is 69.4 Å². The summed E-state index contributed by atoms with van der Waals surface area (Å²) in [6, 6.07) is 14.0. The fourth-order valence-corrected chi connectivity index (χ4v) is 6.65. The third-order valence-corrected chi connectivity index (χ3v) is 7.90. The minimum absolute atomic E-state index is 0.134. The van der Waals surface area contributed by atoms with Crippen LogP contribution in [-0.4, -0.2) is 32.4 Å². The molecule has 4 nitrogen and oxygen atoms in total. The van der Waals surface area contributed by atoms with E-state index in [0.29, 0.717) is 5.02 Å². The molecule has 1 fully saturated rings. The van der Waals surface area contributed by atoms with E-state index in [4.69, 9.17) is 34.3 Å². The zero-order chi connectivity index (χ0) is 19.1. The summed E-state index contributed by atoms with van der Waals surface area (Å²) in [6.45, 7) is 2.04. The van der Waals surface area contributed by atoms with Gasteiger partial charge in [-0.15, -0.1) is 0 Å². The SMILES string of the molecule is COC[C@@]1(C(N)=S)[C@@H](c2cccc(Cl)c2)[C@@H]1S(=O)(=O)c1ccc(C)cc1. The summed E-state index contributed by atoms with van der Waals surface area (Å²) in [5.74, 6) is -0.398. The van der Waals surface area contributed by atoms with Crippen LogP contribution in [0.15, 0.2) is 53.4 Å². The predicted octanol–water partition coefficient (Wildman–Crippen LogP) is 3.51. The van der Waals surface area contributed by atoms with Crippen molar-refractivity contribution in [3.05, 3.63) is 64.7 Å². The Balaban J connectivity index is 2.13. The Morgan fingerprint density at radius 2 is 1.92 bits per heavy atom. The molecule has 26 heavy (non-hydrogen) atoms. The summed E-state index contributed by atoms with van der Waals surface area (Å²) < 4.78 is 32.1. The standard InChI is InChI=1S/C19H20ClNO3S2/c1-12-6-8-15(9-7-12)26(22,23)17-16(13-4-3-5-14(20)10-13)19(17,11-24-2)18(21)25/h3-10,16-17H,11H2,1-2H3,(H2,21,25)/t16-,17-,19+/m0/s1. The third kappa shape index (κ3) is 3.05. The number of sulfone groups is 1. The maximum atomic E-state index is 13.4. The van der Waals surface area contributed by atoms with Gasteiger partial charge in [-0.1, -0.05) is 53.6 Å². The average molecular weight is 410 g/mol. The molecule has 0 amide bonds. The second kappa shape index (κ2) is 6.93. The lowest BCUT2D eigenvalue weighted by molar-refractivity contribution is 0.166. The summed E-state index contributed by atoms with van der Waals surface area (Å²) in [5, 5.41) is -0.247. The number of ether oxygens (including phenoxy) is 1. The number of methoxy groups -OCH3 is 1. The van der Waals surface area contributed by atoms with Crippen LogP contribution in [0.25, 0.3) is 0 Å². The molecule has 1 aliphatic carbocycles. The van der Waals surface area contributed by atoms with Crippen LogP contribution < -0.4 is 5.73 Å². The van der Waals surface area contributed by atoms with Crippen molar-refractivity contribution in [3.63, 3.8) is 0 Å². The van der Waals surface area contributed by atoms with Crippen LogP contribution in [0.5, 0.6) is 0 Å². The van der Waals surface area contributed by atoms with Crippen LogP contribution in [0.4, 0.5) is 0 Å². The van der Waals surface area contributed by atoms with Gasteiger partial charge < -0.3 is 10.5 Å². The summed E-state index contributed by atoms with van der Waals surface area (Å²) in [7, 11) is -2.14. The zero-order valence-corrected chi connectivity index (χ0v) is 16.9. The molecule has 0 spiro atoms. The Morgan fingerprint density at radius 1 is 1.27 bits per heavy atom. The molecule has 3 rings (SSSR count). The molecule has 0 unspecified atom stereocenters. The molecule has 0 bridgehead atoms. The van der Waals surface area contributed by atoms with E-state index in [0.717, 1.165) is 11.1 Å². The predicted molar refractivity (Wildman–Crippen MR) is 107 cm³/mol. The molecule has 1 saturated carbocycles. The van der Waals surface area contributed by atoms with Crippen LogP contribution in [0.1, 0.15) is 17.0 Å². The first-order chi connectivity index (χ1) is 12.2. The van der Waals surface area contributed by atoms with Gasteiger partial charge in [-0.05, 0) is 36.8 Å². The number of hydrogen-bond donors (Lipinski definition) is 1. The second-order valence-electron chi connectivity index (χ2n) is 6.65. The molecule has 0 saturated heterocycles. The molecule has 2 N–H and O–H groups in total. The van der Waals surface area contributed by atoms with Gasteiger partial charge in [0.15, 0.2) is 9.84 Å². The Bertz CT molecular complexity index is 944. The monoisotopic (exact) mass is 409 g/mol. The van der Waals surface area contributed by atoms with Crippen LogP contribution in [0.3, 0.4) is 0 Å². The first kappa shape index (κ1) is 19.3. The molecular formula is C19H20ClNO3S2. The van der Waals surface area contributed by atoms with E-state index in [1.54, 1.807) is 42.5 Å². The van der Waals surface area contributed by atoms with E-state index in [2.05, 4.69) is 0 Å². The second-order valence-corrected chi connectivity index (χ2v) is 9.59. The molecule has 0 aromatic heterocycles. The number of benzene rings is 2. The molecule has 1 aliphatic rings. The van der Waals surface area contributed by atoms with Crippen LogP contribution in [0.2, 0.25) is 5.02 Å². The summed E-state index contributed by atoms with van der Waals surface area (Å²) in [6.07, 6.45) is 0. The van der Waals surface area contributed by atoms with Crippen LogP contribution >= 0.6 is 23.8 Å². The normalized spacial score (nSPS) is 25.0. The lowest BCUT2D eigenvalue weighted by Crippen LogP contribution is -2.33. The van der Waals surface area contributed by atoms with Gasteiger partial charge in [0.25, 0.3) is 0 Å². The maximum absolute atomic E-state index is 13.4. The molecule has 7 heteroatoms. The first-order valence-corrected chi connectivity index (χ1v) is 10.4. The van der Waals surface area contributed by atoms with Crippen molar-refractivity contribution in [2.75, 3.05) is 13.7 Å². The largest absolute Gasteiger partial charge is 0.393 e. The molecule has 0 heterocycles. The lowest BCUT2D eigenvalue weighted by atomic mass is 10.00. The highest BCUT2D eigenvalue weighted by Crippen LogP contribution is 2.64. The Kier molecular flexibility index (Phi) is 5.14. The Hall–Kier alpha value is -1.47. The zero-order valence-electron chi connectivity index (χ0n) is 14.5. The Labute approximate surface area is 164 Å². The molecule has 3 atom stereocenters. The molecule has 138 valence electrons. The first-order valence-electron chi connectivity index (χ1n) is 8.10. The lowest BCUT2D eigenvalue weighted by Gasteiger charge is -2.16. The van der Waals surface area contributed by atoms with Gasteiger partial charge in [-0.2, -0.15) is 0 Å². The fraction of sp³-hybridized carbons (Fsp3) is 0.316. The summed E-state index contributed by atoms with van der Waals surface area (Å²) in [5.41, 5.74) is 6.87. The Morgan fingerprint density at radius 3 is 2.46 bits per heavy atom. The number of thiocarbonyl (C=S) groups is 1. The van der Waals surface area contributed by atoms with Crippen molar-refractivity contribution in [2.45, 2.75) is 23.0 Å². The maximum Gasteiger partial charge on any atom is 0.182 e. The number of rotatable bonds is 6. The van der Waals surface area contributed by atoms with Crippen molar-refractivity contribution >= 4 is 38.6 Å². The van der Waals surface area contributed by atoms with E-state index in [1.165, 1.54) is 7.11 Å². The summed E-state index contributed by atoms with van der Waals surface area (Å²) >= 11 is 11.4. The van der Waals surface area contributed by atoms with E-state index < -0.39 is 26.4 Å². The number of hydrogen-bond acceptors (Lipinski definition) is 4. The molecule has 2 aromatic rings. The number of halogens is 1. The van der Waals surface area contributed by atoms with Crippen molar-refractivity contribution in [3.8, 4) is 0 Å². The van der Waals surface area contributed by atoms with E-state index in [1.807, 2.05) is 13.0 Å². The minimum Gasteiger partial charge on any atom is -0.393 e. The molecular weight excluding hydrogens is 390 g/mol. The highest BCUT2D eigenvalue weighted by Gasteiger charge is 2.73. The highest BCUT2D eigenvalue weighted by atomic mass is 35.5. The van der Waals surface area contributed by atoms with Gasteiger partial charge in [0, 0.05) is 18.1 Å². The molecule has 2 aromatic carbocycles. The van der Waals surface area contributed by atoms with Gasteiger partial charge in [-0.25, -0.2) is 8.42 Å². The number of nitrogens with two attached hydrogens (primary N) is 1. The van der Waals surface area contributed by atoms with E-state index >= 15 is 0 Å². The smallest absolute Gasteiger partial charge is 0.182 e. The van der Waals surface area contributed by atoms with Crippen molar-refractivity contribution < 1.29 is 13.2 Å². The average Bonchev–Trinajstić information content (AvgIpc) is 3.27. The fourth-order valence-electron chi connectivity index (χ4n) is 3.68. The van der Waals surface area contributed by atoms with Crippen LogP contribution in [-0.2, 0) is 14.6 Å². The van der Waals surface area contributed by atoms with Crippen molar-refractivity contribution in [1.82, 2.24) is 0 Å². The minimum atomic E-state index is -3.66. The van der Waals surface area contributed by atoms with Crippen molar-refractivity contribution in [1.29, 1.82) is 0 Å². The van der Waals surface area contributed by atoms with Crippen molar-refractivity contribution in [2.24, 2.45) is 11.1 Å². The molecule has 0 aliphatic heterocycles. The van der Waals surface area contributed by atoms with Crippen LogP contribution in [0, 0.1) is 12.3 Å². The highest BCUT2D eigenvalue weighted by molar-refractivity contribution is 7.92. The van der Waals surface area contributed by atoms with E-state index in [-0.39, 0.29) is 16.5 Å². The quantitative estimate of drug-likeness (QED) is 0.739. The van der Waals surface area contributed by atoms with Gasteiger partial charge in [0.1, 0.15) is 0 Å². The summed E-state index contributed by atoms with van der Waals surface area (Å²) in [4.78, 5) is 0.402. The number of aryl methyl sites for hydroxylation is 1. The van der Waals surface area contributed by atoms with Gasteiger partial charge in [0.2, 0.25) is 0 Å². The van der Waals surface area contributed by atoms with Gasteiger partial charge >= 0.3 is 0 Å². The van der Waals surface area contributed by atoms with E-state index in [9.17, 15) is 8.42 Å². The molecule has 0 radical (unpaired) electrons. The van der Waals surface area contributed by atoms with Gasteiger partial charge in [-0.3, -0.25) is 0 Å². The van der Waals surface area contributed by atoms with Gasteiger partial charge in [0.05, 0.1) is 27.2 Å². The third-order valence-electron chi connectivity index (χ3n) is 4.99.